The fourth-order valence-corrected chi connectivity index (χ4v) is 4.26. The normalized spacial score (nSPS) is 14.0. The number of halogens is 2. The van der Waals surface area contributed by atoms with Crippen LogP contribution in [0, 0.1) is 5.82 Å². The number of hydrogen-bond acceptors (Lipinski definition) is 4. The molecule has 2 amide bonds. The zero-order chi connectivity index (χ0) is 24.7. The van der Waals surface area contributed by atoms with E-state index in [0.29, 0.717) is 6.42 Å². The molecule has 9 heteroatoms. The van der Waals surface area contributed by atoms with Gasteiger partial charge in [0, 0.05) is 24.2 Å². The number of rotatable bonds is 9. The smallest absolute Gasteiger partial charge is 0.407 e. The van der Waals surface area contributed by atoms with Crippen LogP contribution in [0.2, 0.25) is 5.02 Å². The summed E-state index contributed by atoms with van der Waals surface area (Å²) in [5, 5.41) is 9.86. The minimum absolute atomic E-state index is 0.0559. The third-order valence-corrected chi connectivity index (χ3v) is 6.24. The number of ketones is 1. The summed E-state index contributed by atoms with van der Waals surface area (Å²) in [6.07, 6.45) is 2.98. The number of hydrogen-bond donors (Lipinski definition) is 1. The van der Waals surface area contributed by atoms with E-state index in [1.165, 1.54) is 54.8 Å². The molecule has 182 valence electrons. The van der Waals surface area contributed by atoms with E-state index >= 15 is 0 Å². The van der Waals surface area contributed by atoms with Crippen LogP contribution in [0.3, 0.4) is 0 Å². The van der Waals surface area contributed by atoms with Crippen LogP contribution in [-0.4, -0.2) is 72.5 Å². The van der Waals surface area contributed by atoms with Gasteiger partial charge in [0.05, 0.1) is 11.3 Å². The molecular formula is C25H29ClFN3O4. The average molecular weight is 490 g/mol. The van der Waals surface area contributed by atoms with E-state index in [-0.39, 0.29) is 34.9 Å². The third kappa shape index (κ3) is 6.55. The van der Waals surface area contributed by atoms with Crippen LogP contribution in [0.5, 0.6) is 0 Å². The Morgan fingerprint density at radius 2 is 1.76 bits per heavy atom. The van der Waals surface area contributed by atoms with Crippen LogP contribution in [0.4, 0.5) is 14.9 Å². The summed E-state index contributed by atoms with van der Waals surface area (Å²) < 4.78 is 14.2. The zero-order valence-electron chi connectivity index (χ0n) is 19.2. The lowest BCUT2D eigenvalue weighted by atomic mass is 10.0. The lowest BCUT2D eigenvalue weighted by Crippen LogP contribution is -2.42. The van der Waals surface area contributed by atoms with E-state index in [2.05, 4.69) is 4.90 Å². The van der Waals surface area contributed by atoms with Crippen LogP contribution in [-0.2, 0) is 4.79 Å². The molecule has 3 rings (SSSR count). The van der Waals surface area contributed by atoms with Crippen molar-refractivity contribution >= 4 is 35.1 Å². The second kappa shape index (κ2) is 11.9. The van der Waals surface area contributed by atoms with Crippen molar-refractivity contribution in [2.75, 3.05) is 44.7 Å². The SMILES string of the molecule is CN(C(=O)CN(CCCN1CCCCC1)C(=O)O)c1ccc(Cl)cc1C(=O)c1ccccc1F. The molecule has 0 saturated carbocycles. The number of likely N-dealkylation sites (tertiary alicyclic amines) is 1. The lowest BCUT2D eigenvalue weighted by molar-refractivity contribution is -0.119. The first-order valence-corrected chi connectivity index (χ1v) is 11.7. The third-order valence-electron chi connectivity index (χ3n) is 6.00. The molecule has 1 aliphatic rings. The molecular weight excluding hydrogens is 461 g/mol. The maximum atomic E-state index is 14.2. The van der Waals surface area contributed by atoms with E-state index < -0.39 is 23.6 Å². The highest BCUT2D eigenvalue weighted by molar-refractivity contribution is 6.31. The molecule has 0 atom stereocenters. The summed E-state index contributed by atoms with van der Waals surface area (Å²) in [6.45, 7) is 2.69. The fourth-order valence-electron chi connectivity index (χ4n) is 4.09. The predicted octanol–water partition coefficient (Wildman–Crippen LogP) is 4.53. The monoisotopic (exact) mass is 489 g/mol. The number of piperidine rings is 1. The summed E-state index contributed by atoms with van der Waals surface area (Å²) in [4.78, 5) is 42.4. The number of anilines is 1. The Labute approximate surface area is 203 Å². The van der Waals surface area contributed by atoms with Crippen LogP contribution < -0.4 is 4.90 Å². The van der Waals surface area contributed by atoms with Gasteiger partial charge in [-0.25, -0.2) is 9.18 Å². The molecule has 1 fully saturated rings. The average Bonchev–Trinajstić information content (AvgIpc) is 2.83. The van der Waals surface area contributed by atoms with E-state index in [4.69, 9.17) is 11.6 Å². The van der Waals surface area contributed by atoms with Gasteiger partial charge in [-0.2, -0.15) is 0 Å². The summed E-state index contributed by atoms with van der Waals surface area (Å²) in [5.74, 6) is -1.81. The van der Waals surface area contributed by atoms with Crippen molar-refractivity contribution in [1.29, 1.82) is 0 Å². The van der Waals surface area contributed by atoms with Crippen molar-refractivity contribution in [3.05, 3.63) is 64.4 Å². The maximum absolute atomic E-state index is 14.2. The van der Waals surface area contributed by atoms with Crippen molar-refractivity contribution in [2.24, 2.45) is 0 Å². The summed E-state index contributed by atoms with van der Waals surface area (Å²) in [5.41, 5.74) is 0.137. The summed E-state index contributed by atoms with van der Waals surface area (Å²) in [6, 6.07) is 9.96. The molecule has 0 aliphatic carbocycles. The molecule has 1 N–H and O–H groups in total. The molecule has 0 aromatic heterocycles. The first-order valence-electron chi connectivity index (χ1n) is 11.3. The van der Waals surface area contributed by atoms with Crippen molar-refractivity contribution in [3.8, 4) is 0 Å². The van der Waals surface area contributed by atoms with E-state index in [1.54, 1.807) is 6.07 Å². The highest BCUT2D eigenvalue weighted by atomic mass is 35.5. The zero-order valence-corrected chi connectivity index (χ0v) is 19.9. The molecule has 0 unspecified atom stereocenters. The topological polar surface area (TPSA) is 81.2 Å². The van der Waals surface area contributed by atoms with Crippen LogP contribution in [0.15, 0.2) is 42.5 Å². The molecule has 1 heterocycles. The molecule has 0 spiro atoms. The van der Waals surface area contributed by atoms with Crippen molar-refractivity contribution in [3.63, 3.8) is 0 Å². The van der Waals surface area contributed by atoms with Gasteiger partial charge in [0.15, 0.2) is 5.78 Å². The van der Waals surface area contributed by atoms with Crippen LogP contribution >= 0.6 is 11.6 Å². The Balaban J connectivity index is 1.71. The summed E-state index contributed by atoms with van der Waals surface area (Å²) in [7, 11) is 1.46. The first-order chi connectivity index (χ1) is 16.3. The Hall–Kier alpha value is -2.97. The van der Waals surface area contributed by atoms with Crippen LogP contribution in [0.25, 0.3) is 0 Å². The second-order valence-electron chi connectivity index (χ2n) is 8.38. The van der Waals surface area contributed by atoms with E-state index in [0.717, 1.165) is 37.4 Å². The van der Waals surface area contributed by atoms with Gasteiger partial charge >= 0.3 is 6.09 Å². The molecule has 2 aromatic carbocycles. The molecule has 1 saturated heterocycles. The minimum atomic E-state index is -1.18. The first kappa shape index (κ1) is 25.6. The number of benzene rings is 2. The van der Waals surface area contributed by atoms with Crippen molar-refractivity contribution < 1.29 is 23.9 Å². The fraction of sp³-hybridized carbons (Fsp3) is 0.400. The van der Waals surface area contributed by atoms with Gasteiger partial charge in [-0.15, -0.1) is 0 Å². The number of carboxylic acid groups (broad SMARTS) is 1. The number of carbonyl (C=O) groups excluding carboxylic acids is 2. The predicted molar refractivity (Wildman–Crippen MR) is 129 cm³/mol. The Morgan fingerprint density at radius 1 is 1.06 bits per heavy atom. The molecule has 7 nitrogen and oxygen atoms in total. The van der Waals surface area contributed by atoms with Gasteiger partial charge in [-0.05, 0) is 69.2 Å². The van der Waals surface area contributed by atoms with Gasteiger partial charge in [0.1, 0.15) is 12.4 Å². The highest BCUT2D eigenvalue weighted by Gasteiger charge is 2.25. The second-order valence-corrected chi connectivity index (χ2v) is 8.82. The van der Waals surface area contributed by atoms with Gasteiger partial charge in [0.2, 0.25) is 5.91 Å². The molecule has 0 bridgehead atoms. The number of carbonyl (C=O) groups is 3. The van der Waals surface area contributed by atoms with E-state index in [9.17, 15) is 23.9 Å². The van der Waals surface area contributed by atoms with Crippen LogP contribution in [0.1, 0.15) is 41.6 Å². The Kier molecular flexibility index (Phi) is 9.01. The Morgan fingerprint density at radius 3 is 2.44 bits per heavy atom. The lowest BCUT2D eigenvalue weighted by Gasteiger charge is -2.28. The molecule has 1 aliphatic heterocycles. The number of nitrogens with zero attached hydrogens (tertiary/aromatic N) is 3. The van der Waals surface area contributed by atoms with Gasteiger partial charge in [-0.1, -0.05) is 30.2 Å². The largest absolute Gasteiger partial charge is 0.465 e. The number of likely N-dealkylation sites (N-methyl/N-ethyl adjacent to an activating group) is 1. The van der Waals surface area contributed by atoms with Crippen molar-refractivity contribution in [1.82, 2.24) is 9.80 Å². The van der Waals surface area contributed by atoms with Crippen molar-refractivity contribution in [2.45, 2.75) is 25.7 Å². The quantitative estimate of drug-likeness (QED) is 0.523. The van der Waals surface area contributed by atoms with Gasteiger partial charge in [0.25, 0.3) is 0 Å². The Bertz CT molecular complexity index is 1040. The highest BCUT2D eigenvalue weighted by Crippen LogP contribution is 2.27. The minimum Gasteiger partial charge on any atom is -0.465 e. The standard InChI is InChI=1S/C25H29ClFN3O4/c1-28(23(31)17-30(25(33)34)15-7-14-29-12-5-2-6-13-29)22-11-10-18(26)16-20(22)24(32)19-8-3-4-9-21(19)27/h3-4,8-11,16H,2,5-7,12-15,17H2,1H3,(H,33,34). The number of amides is 2. The molecule has 2 aromatic rings. The maximum Gasteiger partial charge on any atom is 0.407 e. The molecule has 0 radical (unpaired) electrons. The van der Waals surface area contributed by atoms with E-state index in [1.807, 2.05) is 0 Å². The van der Waals surface area contributed by atoms with Gasteiger partial charge in [-0.3, -0.25) is 14.5 Å². The summed E-state index contributed by atoms with van der Waals surface area (Å²) >= 11 is 6.08. The molecule has 34 heavy (non-hydrogen) atoms. The van der Waals surface area contributed by atoms with Gasteiger partial charge < -0.3 is 14.9 Å².